The second kappa shape index (κ2) is 7.01. The predicted octanol–water partition coefficient (Wildman–Crippen LogP) is 0.393. The summed E-state index contributed by atoms with van der Waals surface area (Å²) >= 11 is 0. The van der Waals surface area contributed by atoms with Crippen LogP contribution >= 0.6 is 0 Å². The van der Waals surface area contributed by atoms with E-state index < -0.39 is 29.7 Å². The van der Waals surface area contributed by atoms with Crippen LogP contribution < -0.4 is 26.4 Å². The fourth-order valence-corrected chi connectivity index (χ4v) is 4.18. The highest BCUT2D eigenvalue weighted by Crippen LogP contribution is 2.47. The minimum absolute atomic E-state index is 0.0627. The molecule has 1 aliphatic carbocycles. The van der Waals surface area contributed by atoms with Crippen molar-refractivity contribution in [1.82, 2.24) is 9.97 Å². The Kier molecular flexibility index (Phi) is 4.60. The zero-order valence-electron chi connectivity index (χ0n) is 16.5. The molecule has 30 heavy (non-hydrogen) atoms. The van der Waals surface area contributed by atoms with Gasteiger partial charge in [0.15, 0.2) is 5.78 Å². The summed E-state index contributed by atoms with van der Waals surface area (Å²) in [4.78, 5) is 53.0. The molecule has 1 aromatic carbocycles. The van der Waals surface area contributed by atoms with Gasteiger partial charge in [-0.1, -0.05) is 26.0 Å². The maximum absolute atomic E-state index is 13.1. The van der Waals surface area contributed by atoms with E-state index in [1.54, 1.807) is 24.3 Å². The summed E-state index contributed by atoms with van der Waals surface area (Å²) in [7, 11) is 0. The fraction of sp³-hybridized carbons (Fsp3) is 0.333. The number of rotatable bonds is 4. The van der Waals surface area contributed by atoms with Gasteiger partial charge in [0.25, 0.3) is 5.56 Å². The highest BCUT2D eigenvalue weighted by Gasteiger charge is 2.42. The van der Waals surface area contributed by atoms with Crippen molar-refractivity contribution in [2.45, 2.75) is 32.6 Å². The van der Waals surface area contributed by atoms with Crippen LogP contribution in [0.15, 0.2) is 45.1 Å². The first-order valence-corrected chi connectivity index (χ1v) is 9.47. The average Bonchev–Trinajstić information content (AvgIpc) is 2.64. The zero-order valence-corrected chi connectivity index (χ0v) is 16.5. The number of hydrogen-bond acceptors (Lipinski definition) is 7. The van der Waals surface area contributed by atoms with Crippen LogP contribution in [0.3, 0.4) is 0 Å². The van der Waals surface area contributed by atoms with Crippen molar-refractivity contribution in [3.8, 4) is 5.75 Å². The van der Waals surface area contributed by atoms with Crippen LogP contribution in [0, 0.1) is 5.41 Å². The molecule has 1 aliphatic heterocycles. The molecular formula is C21H20N3O6-. The molecule has 0 unspecified atom stereocenters. The number of carboxylic acids is 1. The van der Waals surface area contributed by atoms with Gasteiger partial charge >= 0.3 is 5.69 Å². The largest absolute Gasteiger partial charge is 0.546 e. The number of fused-ring (bicyclic) bond motifs is 1. The van der Waals surface area contributed by atoms with Crippen molar-refractivity contribution in [3.05, 3.63) is 67.5 Å². The second-order valence-corrected chi connectivity index (χ2v) is 8.32. The molecule has 0 amide bonds. The van der Waals surface area contributed by atoms with Gasteiger partial charge in [-0.3, -0.25) is 19.6 Å². The number of carbonyl (C=O) groups is 2. The van der Waals surface area contributed by atoms with E-state index in [1.807, 2.05) is 13.8 Å². The quantitative estimate of drug-likeness (QED) is 0.661. The van der Waals surface area contributed by atoms with Gasteiger partial charge in [0.1, 0.15) is 18.2 Å². The molecule has 0 bridgehead atoms. The van der Waals surface area contributed by atoms with Crippen LogP contribution in [0.1, 0.15) is 43.7 Å². The normalized spacial score (nSPS) is 19.5. The minimum Gasteiger partial charge on any atom is -0.546 e. The highest BCUT2D eigenvalue weighted by molar-refractivity contribution is 6.01. The molecule has 9 heteroatoms. The average molecular weight is 410 g/mol. The van der Waals surface area contributed by atoms with Gasteiger partial charge in [-0.25, -0.2) is 4.79 Å². The summed E-state index contributed by atoms with van der Waals surface area (Å²) < 4.78 is 5.11. The summed E-state index contributed by atoms with van der Waals surface area (Å²) in [5.41, 5.74) is 0.625. The lowest BCUT2D eigenvalue weighted by Gasteiger charge is -2.38. The van der Waals surface area contributed by atoms with Crippen molar-refractivity contribution in [1.29, 1.82) is 0 Å². The number of ether oxygens (including phenoxy) is 1. The Morgan fingerprint density at radius 1 is 1.13 bits per heavy atom. The zero-order chi connectivity index (χ0) is 21.6. The van der Waals surface area contributed by atoms with E-state index in [9.17, 15) is 24.3 Å². The van der Waals surface area contributed by atoms with Gasteiger partial charge in [-0.15, -0.1) is 0 Å². The standard InChI is InChI=1S/C21H21N3O6/c1-21(2)7-12-16(13(25)8-21)15(17-18(22-12)23-20(29)24-19(17)28)10-3-5-11(6-4-10)30-9-14(26)27/h3-6,15H,7-9H2,1-2H3,(H,26,27)(H3,22,23,24,28,29)/p-1/t15-/m0/s1. The van der Waals surface area contributed by atoms with Crippen LogP contribution in [0.2, 0.25) is 0 Å². The van der Waals surface area contributed by atoms with E-state index in [4.69, 9.17) is 4.74 Å². The van der Waals surface area contributed by atoms with E-state index in [0.29, 0.717) is 35.4 Å². The lowest BCUT2D eigenvalue weighted by Crippen LogP contribution is -2.38. The topological polar surface area (TPSA) is 144 Å². The summed E-state index contributed by atoms with van der Waals surface area (Å²) in [5.74, 6) is -1.48. The predicted molar refractivity (Wildman–Crippen MR) is 105 cm³/mol. The third-order valence-corrected chi connectivity index (χ3v) is 5.32. The number of benzene rings is 1. The van der Waals surface area contributed by atoms with Gasteiger partial charge in [0.2, 0.25) is 0 Å². The Morgan fingerprint density at radius 3 is 2.50 bits per heavy atom. The SMILES string of the molecule is CC1(C)CC(=O)C2=C(C1)Nc1[nH]c(=O)[nH]c(=O)c1[C@H]2c1ccc(OCC(=O)[O-])cc1. The van der Waals surface area contributed by atoms with E-state index >= 15 is 0 Å². The van der Waals surface area contributed by atoms with Gasteiger partial charge < -0.3 is 20.0 Å². The minimum atomic E-state index is -1.34. The molecule has 3 N–H and O–H groups in total. The first kappa shape index (κ1) is 19.7. The highest BCUT2D eigenvalue weighted by atomic mass is 16.5. The molecule has 0 radical (unpaired) electrons. The number of aromatic nitrogens is 2. The van der Waals surface area contributed by atoms with Crippen LogP contribution in [-0.4, -0.2) is 28.3 Å². The van der Waals surface area contributed by atoms with Gasteiger partial charge in [0.05, 0.1) is 11.5 Å². The van der Waals surface area contributed by atoms with Crippen LogP contribution in [0.5, 0.6) is 5.75 Å². The maximum atomic E-state index is 13.1. The molecule has 0 saturated heterocycles. The van der Waals surface area contributed by atoms with E-state index in [2.05, 4.69) is 15.3 Å². The van der Waals surface area contributed by atoms with Gasteiger partial charge in [-0.05, 0) is 29.5 Å². The van der Waals surface area contributed by atoms with E-state index in [1.165, 1.54) is 0 Å². The molecule has 9 nitrogen and oxygen atoms in total. The number of carboxylic acid groups (broad SMARTS) is 1. The number of aliphatic carboxylic acids is 1. The van der Waals surface area contributed by atoms with Crippen molar-refractivity contribution >= 4 is 17.6 Å². The molecule has 0 fully saturated rings. The summed E-state index contributed by atoms with van der Waals surface area (Å²) in [6.45, 7) is 3.40. The number of H-pyrrole nitrogens is 2. The number of carbonyl (C=O) groups excluding carboxylic acids is 2. The molecule has 1 atom stereocenters. The summed E-state index contributed by atoms with van der Waals surface area (Å²) in [6.07, 6.45) is 0.930. The van der Waals surface area contributed by atoms with Gasteiger partial charge in [-0.2, -0.15) is 0 Å². The number of hydrogen-bond donors (Lipinski definition) is 3. The van der Waals surface area contributed by atoms with E-state index in [0.717, 1.165) is 0 Å². The van der Waals surface area contributed by atoms with Crippen molar-refractivity contribution in [2.24, 2.45) is 5.41 Å². The number of ketones is 1. The van der Waals surface area contributed by atoms with Gasteiger partial charge in [0, 0.05) is 23.6 Å². The molecule has 0 saturated carbocycles. The third kappa shape index (κ3) is 3.54. The van der Waals surface area contributed by atoms with Crippen molar-refractivity contribution in [3.63, 3.8) is 0 Å². The molecule has 2 aliphatic rings. The Morgan fingerprint density at radius 2 is 1.83 bits per heavy atom. The monoisotopic (exact) mass is 410 g/mol. The van der Waals surface area contributed by atoms with E-state index in [-0.39, 0.29) is 22.6 Å². The molecule has 2 heterocycles. The summed E-state index contributed by atoms with van der Waals surface area (Å²) in [6, 6.07) is 6.48. The fourth-order valence-electron chi connectivity index (χ4n) is 4.18. The Labute approximate surface area is 170 Å². The number of anilines is 1. The number of aromatic amines is 2. The van der Waals surface area contributed by atoms with Crippen molar-refractivity contribution < 1.29 is 19.4 Å². The number of allylic oxidation sites excluding steroid dienone is 2. The van der Waals surface area contributed by atoms with Crippen LogP contribution in [0.4, 0.5) is 5.82 Å². The Balaban J connectivity index is 1.84. The molecule has 4 rings (SSSR count). The first-order valence-electron chi connectivity index (χ1n) is 9.47. The first-order chi connectivity index (χ1) is 14.1. The smallest absolute Gasteiger partial charge is 0.327 e. The number of nitrogens with one attached hydrogen (secondary N) is 3. The lowest BCUT2D eigenvalue weighted by atomic mass is 9.69. The van der Waals surface area contributed by atoms with Crippen LogP contribution in [0.25, 0.3) is 0 Å². The van der Waals surface area contributed by atoms with Crippen LogP contribution in [-0.2, 0) is 9.59 Å². The summed E-state index contributed by atoms with van der Waals surface area (Å²) in [5, 5.41) is 13.7. The Bertz CT molecular complexity index is 1190. The molecule has 1 aromatic heterocycles. The van der Waals surface area contributed by atoms with Crippen molar-refractivity contribution in [2.75, 3.05) is 11.9 Å². The maximum Gasteiger partial charge on any atom is 0.327 e. The lowest BCUT2D eigenvalue weighted by molar-refractivity contribution is -0.307. The Hall–Kier alpha value is -3.62. The molecular weight excluding hydrogens is 390 g/mol. The molecule has 156 valence electrons. The molecule has 2 aromatic rings. The second-order valence-electron chi connectivity index (χ2n) is 8.32. The third-order valence-electron chi connectivity index (χ3n) is 5.32. The number of Topliss-reactive ketones (excluding diaryl/α,β-unsaturated/α-hetero) is 1. The molecule has 0 spiro atoms.